The van der Waals surface area contributed by atoms with E-state index in [0.29, 0.717) is 11.5 Å². The molecule has 0 N–H and O–H groups in total. The van der Waals surface area contributed by atoms with Crippen molar-refractivity contribution in [3.63, 3.8) is 0 Å². The summed E-state index contributed by atoms with van der Waals surface area (Å²) < 4.78 is 0. The predicted molar refractivity (Wildman–Crippen MR) is 85.3 cm³/mol. The van der Waals surface area contributed by atoms with Gasteiger partial charge in [0.05, 0.1) is 5.56 Å². The molecule has 1 atom stereocenters. The molecule has 3 nitrogen and oxygen atoms in total. The summed E-state index contributed by atoms with van der Waals surface area (Å²) in [6.07, 6.45) is 5.63. The molecule has 0 aliphatic carbocycles. The first-order chi connectivity index (χ1) is 10.0. The maximum absolute atomic E-state index is 11.9. The van der Waals surface area contributed by atoms with Crippen LogP contribution in [0.3, 0.4) is 0 Å². The lowest BCUT2D eigenvalue weighted by Gasteiger charge is -2.11. The lowest BCUT2D eigenvalue weighted by Crippen LogP contribution is -2.13. The van der Waals surface area contributed by atoms with E-state index in [4.69, 9.17) is 9.78 Å². The molecule has 0 aromatic heterocycles. The molecule has 1 aromatic carbocycles. The van der Waals surface area contributed by atoms with Crippen LogP contribution in [0.25, 0.3) is 0 Å². The van der Waals surface area contributed by atoms with E-state index in [9.17, 15) is 4.79 Å². The number of carbonyl (C=O) groups is 1. The number of hydrogen-bond acceptors (Lipinski definition) is 3. The van der Waals surface area contributed by atoms with E-state index in [1.165, 1.54) is 24.8 Å². The highest BCUT2D eigenvalue weighted by Gasteiger charge is 2.11. The van der Waals surface area contributed by atoms with Gasteiger partial charge in [0.25, 0.3) is 0 Å². The quantitative estimate of drug-likeness (QED) is 0.354. The van der Waals surface area contributed by atoms with Crippen LogP contribution in [0.1, 0.15) is 81.6 Å². The molecule has 21 heavy (non-hydrogen) atoms. The van der Waals surface area contributed by atoms with Crippen molar-refractivity contribution in [1.29, 1.82) is 0 Å². The third-order valence-corrected chi connectivity index (χ3v) is 3.57. The Morgan fingerprint density at radius 1 is 1.05 bits per heavy atom. The van der Waals surface area contributed by atoms with Crippen molar-refractivity contribution in [2.45, 2.75) is 71.8 Å². The Morgan fingerprint density at radius 3 is 2.29 bits per heavy atom. The molecule has 0 aliphatic rings. The Kier molecular flexibility index (Phi) is 8.06. The molecule has 118 valence electrons. The predicted octanol–water partition coefficient (Wildman–Crippen LogP) is 5.26. The fourth-order valence-corrected chi connectivity index (χ4v) is 2.08. The fraction of sp³-hybridized carbons (Fsp3) is 0.611. The van der Waals surface area contributed by atoms with Crippen LogP contribution < -0.4 is 0 Å². The molecule has 0 saturated heterocycles. The maximum Gasteiger partial charge on any atom is 0.373 e. The minimum atomic E-state index is -0.425. The first kappa shape index (κ1) is 17.7. The zero-order valence-corrected chi connectivity index (χ0v) is 13.7. The summed E-state index contributed by atoms with van der Waals surface area (Å²) in [7, 11) is 0. The number of carbonyl (C=O) groups excluding carboxylic acids is 1. The number of rotatable bonds is 9. The van der Waals surface area contributed by atoms with Gasteiger partial charge in [-0.25, -0.2) is 4.79 Å². The Bertz CT molecular complexity index is 409. The van der Waals surface area contributed by atoms with Crippen LogP contribution in [0.5, 0.6) is 0 Å². The highest BCUT2D eigenvalue weighted by molar-refractivity contribution is 5.88. The third-order valence-electron chi connectivity index (χ3n) is 3.57. The second kappa shape index (κ2) is 9.56. The third kappa shape index (κ3) is 6.76. The molecule has 0 heterocycles. The van der Waals surface area contributed by atoms with Gasteiger partial charge in [0.15, 0.2) is 0 Å². The average molecular weight is 292 g/mol. The van der Waals surface area contributed by atoms with Crippen LogP contribution in [0.4, 0.5) is 0 Å². The van der Waals surface area contributed by atoms with E-state index in [-0.39, 0.29) is 6.10 Å². The molecular formula is C18H28O3. The van der Waals surface area contributed by atoms with Crippen LogP contribution in [-0.2, 0) is 9.78 Å². The maximum atomic E-state index is 11.9. The lowest BCUT2D eigenvalue weighted by molar-refractivity contribution is -0.271. The van der Waals surface area contributed by atoms with E-state index in [1.54, 1.807) is 12.1 Å². The molecule has 0 bridgehead atoms. The molecule has 1 rings (SSSR count). The van der Waals surface area contributed by atoms with Crippen LogP contribution in [-0.4, -0.2) is 12.1 Å². The van der Waals surface area contributed by atoms with Gasteiger partial charge in [-0.1, -0.05) is 58.6 Å². The molecule has 1 unspecified atom stereocenters. The molecule has 0 radical (unpaired) electrons. The van der Waals surface area contributed by atoms with E-state index in [2.05, 4.69) is 20.8 Å². The first-order valence-electron chi connectivity index (χ1n) is 8.02. The summed E-state index contributed by atoms with van der Waals surface area (Å²) >= 11 is 0. The molecule has 0 amide bonds. The van der Waals surface area contributed by atoms with Crippen LogP contribution in [0.2, 0.25) is 0 Å². The normalized spacial score (nSPS) is 12.4. The molecule has 0 fully saturated rings. The van der Waals surface area contributed by atoms with Crippen LogP contribution in [0, 0.1) is 0 Å². The van der Waals surface area contributed by atoms with E-state index >= 15 is 0 Å². The van der Waals surface area contributed by atoms with Gasteiger partial charge in [-0.05, 0) is 37.0 Å². The second-order valence-electron chi connectivity index (χ2n) is 5.90. The van der Waals surface area contributed by atoms with Gasteiger partial charge in [0.2, 0.25) is 0 Å². The van der Waals surface area contributed by atoms with Gasteiger partial charge in [0.1, 0.15) is 6.10 Å². The van der Waals surface area contributed by atoms with Gasteiger partial charge in [-0.15, -0.1) is 0 Å². The Morgan fingerprint density at radius 2 is 1.71 bits per heavy atom. The topological polar surface area (TPSA) is 35.5 Å². The Balaban J connectivity index is 2.32. The largest absolute Gasteiger partial charge is 0.373 e. The Hall–Kier alpha value is -1.35. The van der Waals surface area contributed by atoms with Crippen molar-refractivity contribution in [2.75, 3.05) is 0 Å². The van der Waals surface area contributed by atoms with E-state index in [0.717, 1.165) is 12.8 Å². The molecule has 0 spiro atoms. The van der Waals surface area contributed by atoms with E-state index in [1.807, 2.05) is 19.1 Å². The smallest absolute Gasteiger partial charge is 0.293 e. The van der Waals surface area contributed by atoms with Gasteiger partial charge >= 0.3 is 5.97 Å². The first-order valence-corrected chi connectivity index (χ1v) is 8.02. The summed E-state index contributed by atoms with van der Waals surface area (Å²) in [6, 6.07) is 7.48. The van der Waals surface area contributed by atoms with Gasteiger partial charge in [0, 0.05) is 0 Å². The Labute approximate surface area is 128 Å². The number of unbranched alkanes of at least 4 members (excludes halogenated alkanes) is 3. The summed E-state index contributed by atoms with van der Waals surface area (Å²) in [5.41, 5.74) is 1.73. The van der Waals surface area contributed by atoms with Gasteiger partial charge in [-0.3, -0.25) is 4.89 Å². The van der Waals surface area contributed by atoms with Crippen LogP contribution >= 0.6 is 0 Å². The molecule has 3 heteroatoms. The highest BCUT2D eigenvalue weighted by atomic mass is 17.2. The van der Waals surface area contributed by atoms with Gasteiger partial charge in [-0.2, -0.15) is 4.89 Å². The minimum Gasteiger partial charge on any atom is -0.293 e. The minimum absolute atomic E-state index is 0.0549. The molecule has 0 saturated carbocycles. The second-order valence-corrected chi connectivity index (χ2v) is 5.90. The standard InChI is InChI=1S/C18H28O3/c1-5-6-7-8-9-15(4)20-21-18(19)17-12-10-16(11-13-17)14(2)3/h10-15H,5-9H2,1-4H3. The van der Waals surface area contributed by atoms with Crippen LogP contribution in [0.15, 0.2) is 24.3 Å². The molecular weight excluding hydrogens is 264 g/mol. The monoisotopic (exact) mass is 292 g/mol. The average Bonchev–Trinajstić information content (AvgIpc) is 2.49. The highest BCUT2D eigenvalue weighted by Crippen LogP contribution is 2.15. The lowest BCUT2D eigenvalue weighted by atomic mass is 10.0. The molecule has 0 aliphatic heterocycles. The number of hydrogen-bond donors (Lipinski definition) is 0. The van der Waals surface area contributed by atoms with Crippen molar-refractivity contribution in [2.24, 2.45) is 0 Å². The summed E-state index contributed by atoms with van der Waals surface area (Å²) in [5.74, 6) is 0.0279. The summed E-state index contributed by atoms with van der Waals surface area (Å²) in [5, 5.41) is 0. The molecule has 1 aromatic rings. The SMILES string of the molecule is CCCCCCC(C)OOC(=O)c1ccc(C(C)C)cc1. The zero-order valence-electron chi connectivity index (χ0n) is 13.7. The zero-order chi connectivity index (χ0) is 15.7. The summed E-state index contributed by atoms with van der Waals surface area (Å²) in [4.78, 5) is 21.9. The summed E-state index contributed by atoms with van der Waals surface area (Å²) in [6.45, 7) is 8.36. The van der Waals surface area contributed by atoms with Crippen molar-refractivity contribution in [3.8, 4) is 0 Å². The van der Waals surface area contributed by atoms with E-state index < -0.39 is 5.97 Å². The van der Waals surface area contributed by atoms with Gasteiger partial charge < -0.3 is 0 Å². The van der Waals surface area contributed by atoms with Crippen molar-refractivity contribution in [1.82, 2.24) is 0 Å². The van der Waals surface area contributed by atoms with Crippen molar-refractivity contribution >= 4 is 5.97 Å². The van der Waals surface area contributed by atoms with Crippen molar-refractivity contribution in [3.05, 3.63) is 35.4 Å². The number of benzene rings is 1. The van der Waals surface area contributed by atoms with Crippen molar-refractivity contribution < 1.29 is 14.6 Å². The fourth-order valence-electron chi connectivity index (χ4n) is 2.08.